The van der Waals surface area contributed by atoms with Crippen LogP contribution in [0.5, 0.6) is 5.75 Å². The van der Waals surface area contributed by atoms with Crippen LogP contribution in [-0.4, -0.2) is 55.8 Å². The quantitative estimate of drug-likeness (QED) is 0.457. The lowest BCUT2D eigenvalue weighted by atomic mass is 9.92. The molecule has 1 aliphatic heterocycles. The molecular weight excluding hydrogens is 428 g/mol. The molecule has 8 heteroatoms. The van der Waals surface area contributed by atoms with E-state index in [0.717, 1.165) is 54.6 Å². The summed E-state index contributed by atoms with van der Waals surface area (Å²) in [4.78, 5) is 23.1. The van der Waals surface area contributed by atoms with Crippen LogP contribution >= 0.6 is 0 Å². The van der Waals surface area contributed by atoms with Gasteiger partial charge >= 0.3 is 5.69 Å². The van der Waals surface area contributed by atoms with Crippen molar-refractivity contribution in [3.05, 3.63) is 46.8 Å². The lowest BCUT2D eigenvalue weighted by Gasteiger charge is -2.34. The molecule has 5 rings (SSSR count). The Morgan fingerprint density at radius 1 is 1.21 bits per heavy atom. The monoisotopic (exact) mass is 462 g/mol. The number of piperidine rings is 1. The number of H-pyrrole nitrogens is 1. The van der Waals surface area contributed by atoms with E-state index in [-0.39, 0.29) is 17.6 Å². The number of nitrogens with one attached hydrogen (secondary N) is 1. The van der Waals surface area contributed by atoms with Crippen molar-refractivity contribution in [2.24, 2.45) is 5.92 Å². The summed E-state index contributed by atoms with van der Waals surface area (Å²) in [5.74, 6) is 1.57. The summed E-state index contributed by atoms with van der Waals surface area (Å²) in [5.41, 5.74) is 5.75. The number of hydrogen-bond acceptors (Lipinski definition) is 5. The van der Waals surface area contributed by atoms with E-state index in [4.69, 9.17) is 4.74 Å². The molecule has 4 aromatic rings. The number of ether oxygens (including phenoxy) is 1. The summed E-state index contributed by atoms with van der Waals surface area (Å²) in [7, 11) is 1.64. The van der Waals surface area contributed by atoms with Gasteiger partial charge in [-0.05, 0) is 60.5 Å². The van der Waals surface area contributed by atoms with Crippen LogP contribution in [0.15, 0.2) is 35.5 Å². The highest BCUT2D eigenvalue weighted by atomic mass is 16.5. The lowest BCUT2D eigenvalue weighted by molar-refractivity contribution is 0.161. The van der Waals surface area contributed by atoms with Crippen molar-refractivity contribution < 1.29 is 4.74 Å². The summed E-state index contributed by atoms with van der Waals surface area (Å²) in [6.07, 6.45) is 5.64. The summed E-state index contributed by atoms with van der Waals surface area (Å²) < 4.78 is 9.32. The van der Waals surface area contributed by atoms with Crippen molar-refractivity contribution in [3.8, 4) is 16.9 Å². The minimum absolute atomic E-state index is 0.0254. The lowest BCUT2D eigenvalue weighted by Crippen LogP contribution is -2.40. The van der Waals surface area contributed by atoms with Crippen LogP contribution in [0.3, 0.4) is 0 Å². The van der Waals surface area contributed by atoms with Crippen LogP contribution < -0.4 is 10.4 Å². The number of imidazole rings is 1. The normalized spacial score (nSPS) is 17.4. The minimum atomic E-state index is -0.0254. The van der Waals surface area contributed by atoms with Crippen LogP contribution in [0.1, 0.15) is 58.1 Å². The van der Waals surface area contributed by atoms with Gasteiger partial charge in [-0.15, -0.1) is 0 Å². The predicted octanol–water partition coefficient (Wildman–Crippen LogP) is 4.46. The van der Waals surface area contributed by atoms with Gasteiger partial charge in [0.2, 0.25) is 0 Å². The molecule has 1 saturated heterocycles. The van der Waals surface area contributed by atoms with E-state index < -0.39 is 0 Å². The second kappa shape index (κ2) is 8.91. The van der Waals surface area contributed by atoms with E-state index in [2.05, 4.69) is 59.8 Å². The van der Waals surface area contributed by atoms with Gasteiger partial charge in [-0.3, -0.25) is 4.57 Å². The Labute approximate surface area is 199 Å². The first kappa shape index (κ1) is 22.7. The van der Waals surface area contributed by atoms with Gasteiger partial charge in [0.05, 0.1) is 24.2 Å². The maximum Gasteiger partial charge on any atom is 0.326 e. The molecule has 0 spiro atoms. The van der Waals surface area contributed by atoms with E-state index in [1.165, 1.54) is 11.9 Å². The SMILES string of the molecule is COc1cc(-c2cc3[nH]c(=O)n([C@@H]4CCCN(CC(C)C)C4)c3cc2C(C)C)cn2ncnc12. The van der Waals surface area contributed by atoms with Crippen molar-refractivity contribution in [3.63, 3.8) is 0 Å². The highest BCUT2D eigenvalue weighted by Gasteiger charge is 2.26. The molecule has 0 amide bonds. The highest BCUT2D eigenvalue weighted by Crippen LogP contribution is 2.36. The third kappa shape index (κ3) is 4.00. The van der Waals surface area contributed by atoms with Gasteiger partial charge in [-0.25, -0.2) is 14.3 Å². The number of likely N-dealkylation sites (tertiary alicyclic amines) is 1. The van der Waals surface area contributed by atoms with Gasteiger partial charge in [-0.2, -0.15) is 5.10 Å². The molecule has 1 aliphatic rings. The second-order valence-corrected chi connectivity index (χ2v) is 10.2. The molecule has 0 saturated carbocycles. The minimum Gasteiger partial charge on any atom is -0.493 e. The molecule has 4 heterocycles. The van der Waals surface area contributed by atoms with Crippen molar-refractivity contribution in [1.29, 1.82) is 0 Å². The van der Waals surface area contributed by atoms with E-state index in [0.29, 0.717) is 17.3 Å². The van der Waals surface area contributed by atoms with E-state index in [9.17, 15) is 4.79 Å². The molecule has 1 atom stereocenters. The number of methoxy groups -OCH3 is 1. The van der Waals surface area contributed by atoms with Gasteiger partial charge in [0.15, 0.2) is 11.4 Å². The zero-order valence-electron chi connectivity index (χ0n) is 20.7. The fraction of sp³-hybridized carbons (Fsp3) is 0.500. The number of hydrogen-bond donors (Lipinski definition) is 1. The number of aromatic nitrogens is 5. The number of pyridine rings is 1. The molecule has 3 aromatic heterocycles. The van der Waals surface area contributed by atoms with Gasteiger partial charge in [0.1, 0.15) is 6.33 Å². The molecule has 0 unspecified atom stereocenters. The third-order valence-electron chi connectivity index (χ3n) is 6.85. The van der Waals surface area contributed by atoms with Crippen LogP contribution in [-0.2, 0) is 0 Å². The smallest absolute Gasteiger partial charge is 0.326 e. The number of rotatable bonds is 6. The number of benzene rings is 1. The maximum absolute atomic E-state index is 13.2. The Morgan fingerprint density at radius 3 is 2.76 bits per heavy atom. The Bertz CT molecular complexity index is 1380. The zero-order valence-corrected chi connectivity index (χ0v) is 20.7. The van der Waals surface area contributed by atoms with Gasteiger partial charge in [-0.1, -0.05) is 27.7 Å². The van der Waals surface area contributed by atoms with Crippen molar-refractivity contribution in [2.75, 3.05) is 26.7 Å². The predicted molar refractivity (Wildman–Crippen MR) is 135 cm³/mol. The van der Waals surface area contributed by atoms with E-state index >= 15 is 0 Å². The van der Waals surface area contributed by atoms with Gasteiger partial charge in [0, 0.05) is 24.8 Å². The summed E-state index contributed by atoms with van der Waals surface area (Å²) in [6.45, 7) is 12.0. The van der Waals surface area contributed by atoms with E-state index in [1.807, 2.05) is 16.8 Å². The standard InChI is InChI=1S/C26H34N6O2/c1-16(2)12-30-8-6-7-19(14-30)32-23-11-20(17(3)4)21(10-22(23)29-26(32)33)18-9-24(34-5)25-27-15-28-31(25)13-18/h9-11,13,15-17,19H,6-8,12,14H2,1-5H3,(H,29,33)/t19-/m1/s1. The average molecular weight is 463 g/mol. The van der Waals surface area contributed by atoms with Crippen molar-refractivity contribution in [1.82, 2.24) is 29.0 Å². The molecule has 1 fully saturated rings. The molecule has 1 aromatic carbocycles. The maximum atomic E-state index is 13.2. The third-order valence-corrected chi connectivity index (χ3v) is 6.85. The number of fused-ring (bicyclic) bond motifs is 2. The molecule has 0 radical (unpaired) electrons. The van der Waals surface area contributed by atoms with E-state index in [1.54, 1.807) is 11.6 Å². The summed E-state index contributed by atoms with van der Waals surface area (Å²) >= 11 is 0. The van der Waals surface area contributed by atoms with Crippen LogP contribution in [0.25, 0.3) is 27.8 Å². The molecule has 0 bridgehead atoms. The first-order valence-corrected chi connectivity index (χ1v) is 12.2. The molecule has 8 nitrogen and oxygen atoms in total. The molecule has 180 valence electrons. The highest BCUT2D eigenvalue weighted by molar-refractivity contribution is 5.85. The summed E-state index contributed by atoms with van der Waals surface area (Å²) in [6, 6.07) is 6.49. The fourth-order valence-corrected chi connectivity index (χ4v) is 5.40. The Morgan fingerprint density at radius 2 is 2.03 bits per heavy atom. The van der Waals surface area contributed by atoms with Crippen LogP contribution in [0, 0.1) is 5.92 Å². The zero-order chi connectivity index (χ0) is 24.0. The molecular formula is C26H34N6O2. The Kier molecular flexibility index (Phi) is 5.93. The first-order chi connectivity index (χ1) is 16.4. The van der Waals surface area contributed by atoms with Gasteiger partial charge < -0.3 is 14.6 Å². The summed E-state index contributed by atoms with van der Waals surface area (Å²) in [5, 5.41) is 4.32. The topological polar surface area (TPSA) is 80.5 Å². The van der Waals surface area contributed by atoms with Gasteiger partial charge in [0.25, 0.3) is 0 Å². The number of aromatic amines is 1. The van der Waals surface area contributed by atoms with Crippen molar-refractivity contribution in [2.45, 2.75) is 52.5 Å². The Hall–Kier alpha value is -3.13. The first-order valence-electron chi connectivity index (χ1n) is 12.2. The number of nitrogens with zero attached hydrogens (tertiary/aromatic N) is 5. The van der Waals surface area contributed by atoms with Crippen molar-refractivity contribution >= 4 is 16.7 Å². The second-order valence-electron chi connectivity index (χ2n) is 10.2. The van der Waals surface area contributed by atoms with Crippen LogP contribution in [0.4, 0.5) is 0 Å². The molecule has 0 aliphatic carbocycles. The van der Waals surface area contributed by atoms with Crippen LogP contribution in [0.2, 0.25) is 0 Å². The Balaban J connectivity index is 1.63. The molecule has 1 N–H and O–H groups in total. The molecule has 34 heavy (non-hydrogen) atoms. The fourth-order valence-electron chi connectivity index (χ4n) is 5.40. The largest absolute Gasteiger partial charge is 0.493 e. The average Bonchev–Trinajstić information content (AvgIpc) is 3.40.